The van der Waals surface area contributed by atoms with Crippen molar-refractivity contribution >= 4 is 17.9 Å². The van der Waals surface area contributed by atoms with Gasteiger partial charge in [-0.15, -0.1) is 0 Å². The summed E-state index contributed by atoms with van der Waals surface area (Å²) in [6, 6.07) is 0. The monoisotopic (exact) mass is 149 g/mol. The van der Waals surface area contributed by atoms with Crippen molar-refractivity contribution in [2.45, 2.75) is 25.0 Å². The molecule has 0 aromatic carbocycles. The van der Waals surface area contributed by atoms with Gasteiger partial charge in [-0.25, -0.2) is 0 Å². The van der Waals surface area contributed by atoms with E-state index in [-0.39, 0.29) is 0 Å². The number of carboxylic acid groups (broad SMARTS) is 1. The lowest BCUT2D eigenvalue weighted by Gasteiger charge is -2.04. The van der Waals surface area contributed by atoms with Crippen molar-refractivity contribution in [2.24, 2.45) is 5.14 Å². The summed E-state index contributed by atoms with van der Waals surface area (Å²) < 4.78 is 0. The number of carboxylic acids is 1. The molecule has 9 heavy (non-hydrogen) atoms. The van der Waals surface area contributed by atoms with Crippen LogP contribution in [0.3, 0.4) is 0 Å². The fraction of sp³-hybridized carbons (Fsp3) is 0.800. The second-order valence-corrected chi connectivity index (χ2v) is 2.59. The Morgan fingerprint density at radius 1 is 1.89 bits per heavy atom. The fourth-order valence-electron chi connectivity index (χ4n) is 0.512. The van der Waals surface area contributed by atoms with E-state index in [2.05, 4.69) is 0 Å². The Bertz CT molecular complexity index is 97.0. The van der Waals surface area contributed by atoms with E-state index in [1.165, 1.54) is 0 Å². The van der Waals surface area contributed by atoms with Gasteiger partial charge in [0.25, 0.3) is 0 Å². The molecule has 3 N–H and O–H groups in total. The maximum atomic E-state index is 10.2. The number of rotatable bonds is 4. The summed E-state index contributed by atoms with van der Waals surface area (Å²) in [5.74, 6) is -0.815. The summed E-state index contributed by atoms with van der Waals surface area (Å²) in [7, 11) is 0. The Kier molecular flexibility index (Phi) is 4.53. The van der Waals surface area contributed by atoms with Crippen LogP contribution in [0, 0.1) is 0 Å². The first-order valence-electron chi connectivity index (χ1n) is 2.80. The molecule has 0 aromatic rings. The van der Waals surface area contributed by atoms with E-state index in [1.54, 1.807) is 0 Å². The van der Waals surface area contributed by atoms with Crippen LogP contribution in [0.1, 0.15) is 19.8 Å². The minimum Gasteiger partial charge on any atom is -0.480 e. The summed E-state index contributed by atoms with van der Waals surface area (Å²) >= 11 is 0.903. The molecule has 0 heterocycles. The number of hydrogen-bond donors (Lipinski definition) is 2. The minimum atomic E-state index is -0.815. The zero-order valence-corrected chi connectivity index (χ0v) is 6.15. The lowest BCUT2D eigenvalue weighted by Crippen LogP contribution is -2.17. The van der Waals surface area contributed by atoms with Crippen molar-refractivity contribution in [3.63, 3.8) is 0 Å². The van der Waals surface area contributed by atoms with Gasteiger partial charge in [-0.2, -0.15) is 0 Å². The molecule has 0 radical (unpaired) electrons. The molecule has 0 aliphatic carbocycles. The smallest absolute Gasteiger partial charge is 0.317 e. The third-order valence-corrected chi connectivity index (χ3v) is 1.76. The van der Waals surface area contributed by atoms with Crippen LogP contribution in [0.5, 0.6) is 0 Å². The lowest BCUT2D eigenvalue weighted by atomic mass is 10.2. The van der Waals surface area contributed by atoms with Crippen molar-refractivity contribution in [3.05, 3.63) is 0 Å². The molecule has 0 aliphatic rings. The summed E-state index contributed by atoms with van der Waals surface area (Å²) in [6.45, 7) is 1.94. The Balaban J connectivity index is 3.54. The van der Waals surface area contributed by atoms with Gasteiger partial charge in [-0.3, -0.25) is 9.93 Å². The summed E-state index contributed by atoms with van der Waals surface area (Å²) in [5, 5.41) is 13.1. The van der Waals surface area contributed by atoms with Crippen LogP contribution in [-0.2, 0) is 4.79 Å². The third-order valence-electron chi connectivity index (χ3n) is 0.991. The average molecular weight is 149 g/mol. The zero-order chi connectivity index (χ0) is 7.28. The highest BCUT2D eigenvalue weighted by molar-refractivity contribution is 7.98. The van der Waals surface area contributed by atoms with Crippen LogP contribution in [0.2, 0.25) is 0 Å². The van der Waals surface area contributed by atoms with Crippen LogP contribution in [0.4, 0.5) is 0 Å². The first kappa shape index (κ1) is 8.78. The largest absolute Gasteiger partial charge is 0.480 e. The van der Waals surface area contributed by atoms with Gasteiger partial charge in [-0.05, 0) is 6.42 Å². The minimum absolute atomic E-state index is 0.421. The van der Waals surface area contributed by atoms with Crippen molar-refractivity contribution in [1.82, 2.24) is 0 Å². The molecule has 0 spiro atoms. The molecule has 0 rings (SSSR count). The molecule has 0 amide bonds. The summed E-state index contributed by atoms with van der Waals surface area (Å²) in [4.78, 5) is 10.2. The molecule has 54 valence electrons. The zero-order valence-electron chi connectivity index (χ0n) is 5.33. The Hall–Kier alpha value is -0.220. The van der Waals surface area contributed by atoms with Gasteiger partial charge in [0, 0.05) is 0 Å². The van der Waals surface area contributed by atoms with Gasteiger partial charge in [0.2, 0.25) is 0 Å². The van der Waals surface area contributed by atoms with Crippen LogP contribution in [0.15, 0.2) is 0 Å². The van der Waals surface area contributed by atoms with Gasteiger partial charge < -0.3 is 5.11 Å². The number of hydrogen-bond acceptors (Lipinski definition) is 3. The molecule has 1 atom stereocenters. The molecule has 0 fully saturated rings. The number of nitrogens with two attached hydrogens (primary N) is 1. The average Bonchev–Trinajstić information content (AvgIpc) is 1.82. The van der Waals surface area contributed by atoms with E-state index < -0.39 is 11.2 Å². The van der Waals surface area contributed by atoms with Gasteiger partial charge in [0.05, 0.1) is 0 Å². The second kappa shape index (κ2) is 4.64. The predicted molar refractivity (Wildman–Crippen MR) is 38.1 cm³/mol. The standard InChI is InChI=1S/C5H11NO2S/c1-2-3-4(9-6)5(7)8/h4H,2-3,6H2,1H3,(H,7,8). The molecule has 3 nitrogen and oxygen atoms in total. The third kappa shape index (κ3) is 3.37. The van der Waals surface area contributed by atoms with E-state index >= 15 is 0 Å². The maximum absolute atomic E-state index is 10.2. The van der Waals surface area contributed by atoms with E-state index in [0.29, 0.717) is 6.42 Å². The topological polar surface area (TPSA) is 63.3 Å². The highest BCUT2D eigenvalue weighted by Gasteiger charge is 2.13. The highest BCUT2D eigenvalue weighted by Crippen LogP contribution is 2.09. The van der Waals surface area contributed by atoms with Gasteiger partial charge >= 0.3 is 5.97 Å². The molecular formula is C5H11NO2S. The van der Waals surface area contributed by atoms with E-state index in [4.69, 9.17) is 10.2 Å². The SMILES string of the molecule is CCCC(SN)C(=O)O. The van der Waals surface area contributed by atoms with Gasteiger partial charge in [0.15, 0.2) is 0 Å². The van der Waals surface area contributed by atoms with Crippen molar-refractivity contribution in [3.8, 4) is 0 Å². The number of aliphatic carboxylic acids is 1. The lowest BCUT2D eigenvalue weighted by molar-refractivity contribution is -0.136. The first-order valence-corrected chi connectivity index (χ1v) is 3.75. The molecule has 0 saturated carbocycles. The quantitative estimate of drug-likeness (QED) is 0.581. The molecule has 1 unspecified atom stereocenters. The van der Waals surface area contributed by atoms with Gasteiger partial charge in [0.1, 0.15) is 5.25 Å². The van der Waals surface area contributed by atoms with Crippen molar-refractivity contribution in [2.75, 3.05) is 0 Å². The first-order chi connectivity index (χ1) is 4.22. The van der Waals surface area contributed by atoms with Crippen molar-refractivity contribution < 1.29 is 9.90 Å². The van der Waals surface area contributed by atoms with E-state index in [1.807, 2.05) is 6.92 Å². The fourth-order valence-corrected chi connectivity index (χ4v) is 1.00. The molecule has 0 aliphatic heterocycles. The molecular weight excluding hydrogens is 138 g/mol. The molecule has 4 heteroatoms. The second-order valence-electron chi connectivity index (χ2n) is 1.75. The van der Waals surface area contributed by atoms with Crippen LogP contribution >= 0.6 is 11.9 Å². The Morgan fingerprint density at radius 3 is 2.56 bits per heavy atom. The normalized spacial score (nSPS) is 13.1. The van der Waals surface area contributed by atoms with Crippen LogP contribution < -0.4 is 5.14 Å². The highest BCUT2D eigenvalue weighted by atomic mass is 32.2. The number of carbonyl (C=O) groups is 1. The molecule has 0 bridgehead atoms. The van der Waals surface area contributed by atoms with Crippen molar-refractivity contribution in [1.29, 1.82) is 0 Å². The summed E-state index contributed by atoms with van der Waals surface area (Å²) in [5.41, 5.74) is 0. The van der Waals surface area contributed by atoms with Crippen LogP contribution in [0.25, 0.3) is 0 Å². The van der Waals surface area contributed by atoms with E-state index in [0.717, 1.165) is 18.4 Å². The molecule has 0 aromatic heterocycles. The van der Waals surface area contributed by atoms with E-state index in [9.17, 15) is 4.79 Å². The predicted octanol–water partition coefficient (Wildman–Crippen LogP) is 0.847. The summed E-state index contributed by atoms with van der Waals surface area (Å²) in [6.07, 6.45) is 1.51. The Morgan fingerprint density at radius 2 is 2.44 bits per heavy atom. The molecule has 0 saturated heterocycles. The van der Waals surface area contributed by atoms with Gasteiger partial charge in [-0.1, -0.05) is 25.3 Å². The Labute approximate surface area is 58.8 Å². The van der Waals surface area contributed by atoms with Crippen LogP contribution in [-0.4, -0.2) is 16.3 Å². The maximum Gasteiger partial charge on any atom is 0.317 e.